The minimum absolute atomic E-state index is 0.319. The van der Waals surface area contributed by atoms with E-state index in [2.05, 4.69) is 15.5 Å². The highest BCUT2D eigenvalue weighted by molar-refractivity contribution is 6.35. The van der Waals surface area contributed by atoms with Crippen molar-refractivity contribution in [1.29, 1.82) is 0 Å². The molecule has 3 aromatic rings. The average molecular weight is 346 g/mol. The van der Waals surface area contributed by atoms with Gasteiger partial charge in [-0.2, -0.15) is 5.10 Å². The van der Waals surface area contributed by atoms with E-state index < -0.39 is 0 Å². The number of benzene rings is 2. The van der Waals surface area contributed by atoms with E-state index in [1.54, 1.807) is 24.4 Å². The van der Waals surface area contributed by atoms with E-state index in [1.165, 1.54) is 0 Å². The molecule has 3 rings (SSSR count). The topological polar surface area (TPSA) is 57.2 Å². The van der Waals surface area contributed by atoms with E-state index in [0.717, 1.165) is 22.0 Å². The van der Waals surface area contributed by atoms with Gasteiger partial charge in [0.2, 0.25) is 0 Å². The van der Waals surface area contributed by atoms with E-state index in [9.17, 15) is 4.79 Å². The molecule has 116 valence electrons. The Labute approximate surface area is 143 Å². The first kappa shape index (κ1) is 15.6. The molecule has 0 spiro atoms. The average Bonchev–Trinajstić information content (AvgIpc) is 2.88. The molecule has 1 heterocycles. The molecule has 2 N–H and O–H groups in total. The predicted molar refractivity (Wildman–Crippen MR) is 94.6 cm³/mol. The molecule has 1 aromatic heterocycles. The van der Waals surface area contributed by atoms with Crippen LogP contribution in [0.5, 0.6) is 0 Å². The van der Waals surface area contributed by atoms with Gasteiger partial charge in [-0.15, -0.1) is 0 Å². The van der Waals surface area contributed by atoms with Crippen LogP contribution in [-0.4, -0.2) is 17.1 Å². The van der Waals surface area contributed by atoms with E-state index >= 15 is 0 Å². The molecule has 0 aliphatic heterocycles. The van der Waals surface area contributed by atoms with Crippen molar-refractivity contribution < 1.29 is 4.79 Å². The third kappa shape index (κ3) is 3.23. The van der Waals surface area contributed by atoms with Crippen LogP contribution < -0.4 is 5.43 Å². The van der Waals surface area contributed by atoms with Crippen LogP contribution in [-0.2, 0) is 0 Å². The first-order valence-electron chi connectivity index (χ1n) is 6.92. The van der Waals surface area contributed by atoms with Gasteiger partial charge in [-0.1, -0.05) is 47.5 Å². The fourth-order valence-electron chi connectivity index (χ4n) is 2.31. The van der Waals surface area contributed by atoms with Gasteiger partial charge in [-0.3, -0.25) is 4.79 Å². The van der Waals surface area contributed by atoms with Gasteiger partial charge in [0.15, 0.2) is 0 Å². The molecule has 0 aliphatic carbocycles. The highest BCUT2D eigenvalue weighted by atomic mass is 35.5. The van der Waals surface area contributed by atoms with Crippen LogP contribution in [0.15, 0.2) is 47.6 Å². The summed E-state index contributed by atoms with van der Waals surface area (Å²) < 4.78 is 0. The molecule has 0 bridgehead atoms. The molecule has 0 unspecified atom stereocenters. The van der Waals surface area contributed by atoms with Gasteiger partial charge in [-0.05, 0) is 36.2 Å². The summed E-state index contributed by atoms with van der Waals surface area (Å²) in [4.78, 5) is 15.3. The quantitative estimate of drug-likeness (QED) is 0.531. The number of fused-ring (bicyclic) bond motifs is 1. The summed E-state index contributed by atoms with van der Waals surface area (Å²) in [5.74, 6) is -0.319. The zero-order valence-electron chi connectivity index (χ0n) is 12.2. The predicted octanol–water partition coefficient (Wildman–Crippen LogP) is 4.55. The number of aryl methyl sites for hydroxylation is 1. The highest BCUT2D eigenvalue weighted by Gasteiger charge is 2.15. The van der Waals surface area contributed by atoms with E-state index in [0.29, 0.717) is 15.7 Å². The van der Waals surface area contributed by atoms with Gasteiger partial charge >= 0.3 is 0 Å². The van der Waals surface area contributed by atoms with Gasteiger partial charge in [-0.25, -0.2) is 5.43 Å². The van der Waals surface area contributed by atoms with Crippen LogP contribution in [0.25, 0.3) is 10.9 Å². The third-order valence-electron chi connectivity index (χ3n) is 3.52. The van der Waals surface area contributed by atoms with Gasteiger partial charge in [0.05, 0.1) is 16.8 Å². The zero-order valence-corrected chi connectivity index (χ0v) is 13.7. The summed E-state index contributed by atoms with van der Waals surface area (Å²) in [6, 6.07) is 12.7. The number of rotatable bonds is 3. The summed E-state index contributed by atoms with van der Waals surface area (Å²) >= 11 is 12.0. The molecule has 4 nitrogen and oxygen atoms in total. The lowest BCUT2D eigenvalue weighted by Crippen LogP contribution is -2.18. The molecule has 0 atom stereocenters. The van der Waals surface area contributed by atoms with Crippen LogP contribution in [0.4, 0.5) is 0 Å². The van der Waals surface area contributed by atoms with Crippen molar-refractivity contribution in [2.75, 3.05) is 0 Å². The van der Waals surface area contributed by atoms with Crippen molar-refractivity contribution in [1.82, 2.24) is 10.4 Å². The number of H-pyrrole nitrogens is 1. The minimum atomic E-state index is -0.319. The van der Waals surface area contributed by atoms with E-state index in [4.69, 9.17) is 23.2 Å². The summed E-state index contributed by atoms with van der Waals surface area (Å²) in [6.07, 6.45) is 1.55. The standard InChI is InChI=1S/C17H13Cl2N3O/c1-10-13-3-2-4-14(19)16(13)21-15(10)17(23)22-20-9-11-5-7-12(18)8-6-11/h2-9,21H,1H3,(H,22,23)/b20-9+. The number of carbonyl (C=O) groups is 1. The Morgan fingerprint density at radius 1 is 1.17 bits per heavy atom. The lowest BCUT2D eigenvalue weighted by molar-refractivity contribution is 0.0950. The SMILES string of the molecule is Cc1c(C(=O)N/N=C/c2ccc(Cl)cc2)[nH]c2c(Cl)cccc12. The summed E-state index contributed by atoms with van der Waals surface area (Å²) in [5, 5.41) is 6.11. The van der Waals surface area contributed by atoms with Crippen molar-refractivity contribution in [2.24, 2.45) is 5.10 Å². The number of carbonyl (C=O) groups excluding carboxylic acids is 1. The fraction of sp³-hybridized carbons (Fsp3) is 0.0588. The second-order valence-electron chi connectivity index (χ2n) is 5.04. The number of para-hydroxylation sites is 1. The second kappa shape index (κ2) is 6.44. The zero-order chi connectivity index (χ0) is 16.4. The van der Waals surface area contributed by atoms with Crippen LogP contribution >= 0.6 is 23.2 Å². The van der Waals surface area contributed by atoms with Crippen molar-refractivity contribution in [3.8, 4) is 0 Å². The summed E-state index contributed by atoms with van der Waals surface area (Å²) in [5.41, 5.74) is 5.37. The number of amides is 1. The van der Waals surface area contributed by atoms with E-state index in [-0.39, 0.29) is 5.91 Å². The Balaban J connectivity index is 1.80. The molecule has 0 saturated heterocycles. The lowest BCUT2D eigenvalue weighted by atomic mass is 10.1. The molecule has 0 saturated carbocycles. The molecule has 0 aliphatic rings. The summed E-state index contributed by atoms with van der Waals surface area (Å²) in [6.45, 7) is 1.87. The smallest absolute Gasteiger partial charge is 0.288 e. The molecular weight excluding hydrogens is 333 g/mol. The van der Waals surface area contributed by atoms with Crippen LogP contribution in [0, 0.1) is 6.92 Å². The van der Waals surface area contributed by atoms with Gasteiger partial charge in [0, 0.05) is 10.4 Å². The molecule has 0 radical (unpaired) electrons. The number of nitrogens with zero attached hydrogens (tertiary/aromatic N) is 1. The molecule has 6 heteroatoms. The second-order valence-corrected chi connectivity index (χ2v) is 5.88. The van der Waals surface area contributed by atoms with Crippen LogP contribution in [0.1, 0.15) is 21.6 Å². The first-order chi connectivity index (χ1) is 11.1. The van der Waals surface area contributed by atoms with Crippen LogP contribution in [0.2, 0.25) is 10.0 Å². The first-order valence-corrected chi connectivity index (χ1v) is 7.67. The molecule has 1 amide bonds. The number of hydrazone groups is 1. The number of hydrogen-bond acceptors (Lipinski definition) is 2. The maximum absolute atomic E-state index is 12.3. The fourth-order valence-corrected chi connectivity index (χ4v) is 2.66. The maximum Gasteiger partial charge on any atom is 0.288 e. The molecular formula is C17H13Cl2N3O. The Bertz CT molecular complexity index is 898. The lowest BCUT2D eigenvalue weighted by Gasteiger charge is -1.99. The normalized spacial score (nSPS) is 11.3. The van der Waals surface area contributed by atoms with Crippen LogP contribution in [0.3, 0.4) is 0 Å². The minimum Gasteiger partial charge on any atom is -0.349 e. The maximum atomic E-state index is 12.3. The number of aromatic nitrogens is 1. The third-order valence-corrected chi connectivity index (χ3v) is 4.09. The Hall–Kier alpha value is -2.30. The number of hydrogen-bond donors (Lipinski definition) is 2. The Morgan fingerprint density at radius 3 is 2.61 bits per heavy atom. The van der Waals surface area contributed by atoms with Crippen molar-refractivity contribution in [3.63, 3.8) is 0 Å². The largest absolute Gasteiger partial charge is 0.349 e. The van der Waals surface area contributed by atoms with Gasteiger partial charge in [0.1, 0.15) is 5.69 Å². The van der Waals surface area contributed by atoms with Crippen molar-refractivity contribution in [2.45, 2.75) is 6.92 Å². The van der Waals surface area contributed by atoms with Crippen molar-refractivity contribution in [3.05, 3.63) is 69.3 Å². The monoisotopic (exact) mass is 345 g/mol. The van der Waals surface area contributed by atoms with Gasteiger partial charge in [0.25, 0.3) is 5.91 Å². The molecule has 0 fully saturated rings. The summed E-state index contributed by atoms with van der Waals surface area (Å²) in [7, 11) is 0. The van der Waals surface area contributed by atoms with Gasteiger partial charge < -0.3 is 4.98 Å². The van der Waals surface area contributed by atoms with Crippen molar-refractivity contribution >= 4 is 46.2 Å². The Kier molecular flexibility index (Phi) is 4.37. The number of halogens is 2. The molecule has 2 aromatic carbocycles. The number of aromatic amines is 1. The number of nitrogens with one attached hydrogen (secondary N) is 2. The highest BCUT2D eigenvalue weighted by Crippen LogP contribution is 2.27. The Morgan fingerprint density at radius 2 is 1.91 bits per heavy atom. The van der Waals surface area contributed by atoms with E-state index in [1.807, 2.05) is 31.2 Å². The molecule has 23 heavy (non-hydrogen) atoms.